The molecule has 0 aliphatic rings. The number of carbonyl (C=O) groups is 2. The van der Waals surface area contributed by atoms with Crippen molar-refractivity contribution in [2.75, 3.05) is 6.61 Å². The van der Waals surface area contributed by atoms with Crippen LogP contribution in [0.3, 0.4) is 0 Å². The van der Waals surface area contributed by atoms with Gasteiger partial charge in [0.15, 0.2) is 0 Å². The van der Waals surface area contributed by atoms with Crippen LogP contribution in [0.4, 0.5) is 0 Å². The molecule has 0 unspecified atom stereocenters. The van der Waals surface area contributed by atoms with Gasteiger partial charge in [-0.1, -0.05) is 6.92 Å². The average molecular weight is 187 g/mol. The molecule has 0 aromatic carbocycles. The fourth-order valence-electron chi connectivity index (χ4n) is 1.01. The van der Waals surface area contributed by atoms with Crippen molar-refractivity contribution in [2.45, 2.75) is 39.7 Å². The van der Waals surface area contributed by atoms with E-state index in [-0.39, 0.29) is 24.3 Å². The van der Waals surface area contributed by atoms with Gasteiger partial charge in [0.2, 0.25) is 5.91 Å². The highest BCUT2D eigenvalue weighted by molar-refractivity contribution is 5.75. The van der Waals surface area contributed by atoms with E-state index < -0.39 is 0 Å². The molecule has 0 aliphatic heterocycles. The first-order valence-electron chi connectivity index (χ1n) is 4.52. The standard InChI is InChI=1S/C9H17NO3/c1-4-8(10-7(3)11)6-9(12)13-5-2/h8H,4-6H2,1-3H3,(H,10,11)/t8-/m0/s1. The van der Waals surface area contributed by atoms with Gasteiger partial charge in [0, 0.05) is 13.0 Å². The summed E-state index contributed by atoms with van der Waals surface area (Å²) in [5.74, 6) is -0.376. The van der Waals surface area contributed by atoms with Gasteiger partial charge in [0.05, 0.1) is 13.0 Å². The lowest BCUT2D eigenvalue weighted by molar-refractivity contribution is -0.143. The third kappa shape index (κ3) is 6.13. The third-order valence-electron chi connectivity index (χ3n) is 1.62. The molecule has 0 aromatic heterocycles. The maximum Gasteiger partial charge on any atom is 0.307 e. The average Bonchev–Trinajstić information content (AvgIpc) is 2.02. The molecule has 0 radical (unpaired) electrons. The summed E-state index contributed by atoms with van der Waals surface area (Å²) >= 11 is 0. The van der Waals surface area contributed by atoms with Crippen molar-refractivity contribution in [2.24, 2.45) is 0 Å². The van der Waals surface area contributed by atoms with Gasteiger partial charge in [0.1, 0.15) is 0 Å². The van der Waals surface area contributed by atoms with Gasteiger partial charge in [-0.05, 0) is 13.3 Å². The second-order valence-electron chi connectivity index (χ2n) is 2.81. The maximum absolute atomic E-state index is 11.0. The minimum atomic E-state index is -0.261. The minimum absolute atomic E-state index is 0.100. The second kappa shape index (κ2) is 6.46. The fourth-order valence-corrected chi connectivity index (χ4v) is 1.01. The highest BCUT2D eigenvalue weighted by atomic mass is 16.5. The summed E-state index contributed by atoms with van der Waals surface area (Å²) in [6, 6.07) is -0.100. The fraction of sp³-hybridized carbons (Fsp3) is 0.778. The van der Waals surface area contributed by atoms with E-state index in [2.05, 4.69) is 5.32 Å². The third-order valence-corrected chi connectivity index (χ3v) is 1.62. The molecule has 0 bridgehead atoms. The van der Waals surface area contributed by atoms with E-state index >= 15 is 0 Å². The molecule has 1 amide bonds. The number of hydrogen-bond donors (Lipinski definition) is 1. The molecule has 0 spiro atoms. The van der Waals surface area contributed by atoms with Crippen LogP contribution in [0.15, 0.2) is 0 Å². The summed E-state index contributed by atoms with van der Waals surface area (Å²) in [7, 11) is 0. The number of esters is 1. The highest BCUT2D eigenvalue weighted by Gasteiger charge is 2.12. The van der Waals surface area contributed by atoms with Crippen molar-refractivity contribution in [3.63, 3.8) is 0 Å². The molecule has 0 saturated heterocycles. The quantitative estimate of drug-likeness (QED) is 0.649. The van der Waals surface area contributed by atoms with Gasteiger partial charge < -0.3 is 10.1 Å². The molecule has 0 saturated carbocycles. The number of nitrogens with one attached hydrogen (secondary N) is 1. The molecular formula is C9H17NO3. The van der Waals surface area contributed by atoms with E-state index in [0.29, 0.717) is 6.61 Å². The topological polar surface area (TPSA) is 55.4 Å². The van der Waals surface area contributed by atoms with Crippen molar-refractivity contribution < 1.29 is 14.3 Å². The number of carbonyl (C=O) groups excluding carboxylic acids is 2. The van der Waals surface area contributed by atoms with Crippen LogP contribution in [-0.2, 0) is 14.3 Å². The summed E-state index contributed by atoms with van der Waals surface area (Å²) in [6.07, 6.45) is 0.988. The minimum Gasteiger partial charge on any atom is -0.466 e. The van der Waals surface area contributed by atoms with Gasteiger partial charge in [-0.2, -0.15) is 0 Å². The molecular weight excluding hydrogens is 170 g/mol. The molecule has 0 aliphatic carbocycles. The Morgan fingerprint density at radius 2 is 2.00 bits per heavy atom. The van der Waals surface area contributed by atoms with Crippen LogP contribution in [0.1, 0.15) is 33.6 Å². The zero-order chi connectivity index (χ0) is 10.3. The van der Waals surface area contributed by atoms with Crippen molar-refractivity contribution in [3.05, 3.63) is 0 Å². The number of ether oxygens (including phenoxy) is 1. The molecule has 1 atom stereocenters. The van der Waals surface area contributed by atoms with Crippen LogP contribution in [0.2, 0.25) is 0 Å². The van der Waals surface area contributed by atoms with Crippen LogP contribution in [0.5, 0.6) is 0 Å². The van der Waals surface area contributed by atoms with Crippen molar-refractivity contribution in [1.29, 1.82) is 0 Å². The predicted octanol–water partition coefficient (Wildman–Crippen LogP) is 0.854. The number of hydrogen-bond acceptors (Lipinski definition) is 3. The Kier molecular flexibility index (Phi) is 5.93. The van der Waals surface area contributed by atoms with Crippen molar-refractivity contribution in [3.8, 4) is 0 Å². The predicted molar refractivity (Wildman–Crippen MR) is 49.1 cm³/mol. The lowest BCUT2D eigenvalue weighted by atomic mass is 10.1. The Balaban J connectivity index is 3.83. The van der Waals surface area contributed by atoms with Crippen LogP contribution < -0.4 is 5.32 Å². The zero-order valence-electron chi connectivity index (χ0n) is 8.42. The van der Waals surface area contributed by atoms with Crippen LogP contribution in [-0.4, -0.2) is 24.5 Å². The molecule has 0 heterocycles. The maximum atomic E-state index is 11.0. The summed E-state index contributed by atoms with van der Waals surface area (Å²) in [4.78, 5) is 21.7. The van der Waals surface area contributed by atoms with E-state index in [1.165, 1.54) is 6.92 Å². The molecule has 76 valence electrons. The van der Waals surface area contributed by atoms with Gasteiger partial charge in [-0.25, -0.2) is 0 Å². The van der Waals surface area contributed by atoms with Gasteiger partial charge in [0.25, 0.3) is 0 Å². The Morgan fingerprint density at radius 3 is 2.38 bits per heavy atom. The Bertz CT molecular complexity index is 180. The molecule has 13 heavy (non-hydrogen) atoms. The Morgan fingerprint density at radius 1 is 1.38 bits per heavy atom. The summed E-state index contributed by atoms with van der Waals surface area (Å²) in [5, 5.41) is 2.68. The van der Waals surface area contributed by atoms with Crippen molar-refractivity contribution in [1.82, 2.24) is 5.32 Å². The largest absolute Gasteiger partial charge is 0.466 e. The van der Waals surface area contributed by atoms with E-state index in [0.717, 1.165) is 6.42 Å². The first-order valence-corrected chi connectivity index (χ1v) is 4.52. The normalized spacial score (nSPS) is 11.9. The highest BCUT2D eigenvalue weighted by Crippen LogP contribution is 1.99. The van der Waals surface area contributed by atoms with E-state index in [4.69, 9.17) is 4.74 Å². The zero-order valence-corrected chi connectivity index (χ0v) is 8.42. The first kappa shape index (κ1) is 11.9. The van der Waals surface area contributed by atoms with Crippen LogP contribution in [0, 0.1) is 0 Å². The first-order chi connectivity index (χ1) is 6.10. The van der Waals surface area contributed by atoms with Gasteiger partial charge in [-0.15, -0.1) is 0 Å². The van der Waals surface area contributed by atoms with E-state index in [1.54, 1.807) is 6.92 Å². The Hall–Kier alpha value is -1.06. The monoisotopic (exact) mass is 187 g/mol. The van der Waals surface area contributed by atoms with Gasteiger partial charge >= 0.3 is 5.97 Å². The molecule has 0 aromatic rings. The second-order valence-corrected chi connectivity index (χ2v) is 2.81. The number of rotatable bonds is 5. The molecule has 0 rings (SSSR count). The lowest BCUT2D eigenvalue weighted by Gasteiger charge is -2.14. The van der Waals surface area contributed by atoms with Gasteiger partial charge in [-0.3, -0.25) is 9.59 Å². The molecule has 4 nitrogen and oxygen atoms in total. The van der Waals surface area contributed by atoms with Crippen LogP contribution >= 0.6 is 0 Å². The smallest absolute Gasteiger partial charge is 0.307 e. The summed E-state index contributed by atoms with van der Waals surface area (Å²) in [6.45, 7) is 5.50. The number of amides is 1. The van der Waals surface area contributed by atoms with E-state index in [1.807, 2.05) is 6.92 Å². The summed E-state index contributed by atoms with van der Waals surface area (Å²) in [5.41, 5.74) is 0. The van der Waals surface area contributed by atoms with Crippen molar-refractivity contribution >= 4 is 11.9 Å². The molecule has 1 N–H and O–H groups in total. The molecule has 4 heteroatoms. The SMILES string of the molecule is CCOC(=O)C[C@H](CC)NC(C)=O. The summed E-state index contributed by atoms with van der Waals surface area (Å²) < 4.78 is 4.77. The Labute approximate surface area is 78.6 Å². The lowest BCUT2D eigenvalue weighted by Crippen LogP contribution is -2.34. The van der Waals surface area contributed by atoms with E-state index in [9.17, 15) is 9.59 Å². The van der Waals surface area contributed by atoms with Crippen LogP contribution in [0.25, 0.3) is 0 Å². The molecule has 0 fully saturated rings.